The molecule has 1 aromatic heterocycles. The first-order chi connectivity index (χ1) is 28.5. The van der Waals surface area contributed by atoms with E-state index >= 15 is 0 Å². The lowest BCUT2D eigenvalue weighted by Gasteiger charge is -2.18. The van der Waals surface area contributed by atoms with Gasteiger partial charge < -0.3 is 33.4 Å². The van der Waals surface area contributed by atoms with Crippen LogP contribution in [-0.2, 0) is 20.4 Å². The second kappa shape index (κ2) is 21.1. The van der Waals surface area contributed by atoms with Crippen LogP contribution in [0, 0.1) is 23.7 Å². The maximum Gasteiger partial charge on any atom is 0.426 e. The zero-order valence-corrected chi connectivity index (χ0v) is 32.1. The molecule has 0 unspecified atom stereocenters. The number of hydrogen-bond acceptors (Lipinski definition) is 9. The van der Waals surface area contributed by atoms with E-state index in [-0.39, 0.29) is 30.4 Å². The molecule has 0 radical (unpaired) electrons. The predicted octanol–water partition coefficient (Wildman–Crippen LogP) is 8.39. The largest absolute Gasteiger partial charge is 0.494 e. The summed E-state index contributed by atoms with van der Waals surface area (Å²) in [4.78, 5) is 35.2. The molecular weight excluding hydrogens is 761 g/mol. The number of nitrogens with one attached hydrogen (secondary N) is 1. The molecule has 59 heavy (non-hydrogen) atoms. The number of ether oxygens (including phenoxy) is 5. The van der Waals surface area contributed by atoms with Crippen molar-refractivity contribution >= 4 is 17.8 Å². The fourth-order valence-electron chi connectivity index (χ4n) is 4.87. The smallest absolute Gasteiger partial charge is 0.426 e. The number of halogens is 2. The highest BCUT2D eigenvalue weighted by Gasteiger charge is 2.34. The Balaban J connectivity index is 1.05. The number of benzene rings is 4. The Hall–Kier alpha value is -7.57. The van der Waals surface area contributed by atoms with Crippen LogP contribution in [0.2, 0.25) is 0 Å². The molecular formula is C47H39F2NO9. The van der Waals surface area contributed by atoms with E-state index in [1.165, 1.54) is 36.4 Å². The van der Waals surface area contributed by atoms with E-state index in [4.69, 9.17) is 28.1 Å². The van der Waals surface area contributed by atoms with Crippen molar-refractivity contribution in [2.45, 2.75) is 25.9 Å². The summed E-state index contributed by atoms with van der Waals surface area (Å²) in [6, 6.07) is 27.7. The molecule has 0 bridgehead atoms. The summed E-state index contributed by atoms with van der Waals surface area (Å²) in [7, 11) is 0. The standard InChI is InChI=1S/C47H39F2NO9/c1-4-44(51)56-31-6-5-30-54-38-21-15-37(16-22-38)47(48,49)59-43-19-11-35(12-20-43)10-18-41-28-27-40(57-41)17-9-34-7-13-36(14-8-34)46(53)58-42-25-23-39(24-26-42)55-32-29-50-45(52)33(2)3/h4,7-8,11-16,19-28H,1-2,5-6,29-32H2,3H3,(H,50,52). The van der Waals surface area contributed by atoms with E-state index in [1.54, 1.807) is 79.7 Å². The Morgan fingerprint density at radius 3 is 1.81 bits per heavy atom. The number of furan rings is 1. The van der Waals surface area contributed by atoms with Crippen molar-refractivity contribution in [1.29, 1.82) is 0 Å². The fraction of sp³-hybridized carbons (Fsp3) is 0.170. The molecule has 1 amide bonds. The summed E-state index contributed by atoms with van der Waals surface area (Å²) in [5.74, 6) is 12.4. The molecule has 300 valence electrons. The number of carbonyl (C=O) groups excluding carboxylic acids is 3. The molecule has 0 atom stereocenters. The molecule has 10 nitrogen and oxygen atoms in total. The van der Waals surface area contributed by atoms with Crippen LogP contribution in [-0.4, -0.2) is 44.2 Å². The summed E-state index contributed by atoms with van der Waals surface area (Å²) in [6.45, 7) is 9.70. The van der Waals surface area contributed by atoms with E-state index in [9.17, 15) is 23.2 Å². The van der Waals surface area contributed by atoms with Crippen LogP contribution in [0.15, 0.2) is 138 Å². The van der Waals surface area contributed by atoms with Crippen LogP contribution < -0.4 is 24.3 Å². The second-order valence-corrected chi connectivity index (χ2v) is 12.6. The van der Waals surface area contributed by atoms with E-state index in [0.717, 1.165) is 6.08 Å². The lowest BCUT2D eigenvalue weighted by molar-refractivity contribution is -0.185. The van der Waals surface area contributed by atoms with Crippen LogP contribution in [0.25, 0.3) is 0 Å². The van der Waals surface area contributed by atoms with E-state index < -0.39 is 18.0 Å². The third kappa shape index (κ3) is 13.8. The minimum absolute atomic E-state index is 0.0459. The van der Waals surface area contributed by atoms with Gasteiger partial charge in [-0.3, -0.25) is 4.79 Å². The van der Waals surface area contributed by atoms with Gasteiger partial charge in [-0.05, 0) is 141 Å². The van der Waals surface area contributed by atoms with Crippen molar-refractivity contribution in [2.75, 3.05) is 26.4 Å². The summed E-state index contributed by atoms with van der Waals surface area (Å²) >= 11 is 0. The molecule has 1 heterocycles. The second-order valence-electron chi connectivity index (χ2n) is 12.6. The number of carbonyl (C=O) groups is 3. The topological polar surface area (TPSA) is 123 Å². The molecule has 0 saturated heterocycles. The number of unbranched alkanes of at least 4 members (excludes halogenated alkanes) is 1. The minimum Gasteiger partial charge on any atom is -0.494 e. The summed E-state index contributed by atoms with van der Waals surface area (Å²) < 4.78 is 62.0. The van der Waals surface area contributed by atoms with Crippen LogP contribution in [0.1, 0.15) is 58.3 Å². The maximum atomic E-state index is 14.9. The molecule has 5 rings (SSSR count). The molecule has 1 N–H and O–H groups in total. The Bertz CT molecular complexity index is 2360. The van der Waals surface area contributed by atoms with Crippen molar-refractivity contribution in [2.24, 2.45) is 0 Å². The lowest BCUT2D eigenvalue weighted by Crippen LogP contribution is -2.28. The number of rotatable bonds is 17. The van der Waals surface area contributed by atoms with Gasteiger partial charge in [0.05, 0.1) is 30.9 Å². The average Bonchev–Trinajstić information content (AvgIpc) is 3.71. The Morgan fingerprint density at radius 2 is 1.22 bits per heavy atom. The van der Waals surface area contributed by atoms with Crippen molar-refractivity contribution in [3.8, 4) is 46.7 Å². The summed E-state index contributed by atoms with van der Waals surface area (Å²) in [5.41, 5.74) is 1.60. The highest BCUT2D eigenvalue weighted by Crippen LogP contribution is 2.32. The quantitative estimate of drug-likeness (QED) is 0.0325. The fourth-order valence-corrected chi connectivity index (χ4v) is 4.87. The van der Waals surface area contributed by atoms with E-state index in [1.807, 2.05) is 0 Å². The molecule has 4 aromatic carbocycles. The first kappa shape index (κ1) is 42.6. The van der Waals surface area contributed by atoms with Crippen LogP contribution in [0.3, 0.4) is 0 Å². The van der Waals surface area contributed by atoms with Crippen LogP contribution >= 0.6 is 0 Å². The molecule has 0 aliphatic rings. The Morgan fingerprint density at radius 1 is 0.695 bits per heavy atom. The zero-order chi connectivity index (χ0) is 42.0. The van der Waals surface area contributed by atoms with Crippen molar-refractivity contribution in [3.63, 3.8) is 0 Å². The molecule has 0 aliphatic heterocycles. The highest BCUT2D eigenvalue weighted by molar-refractivity contribution is 5.92. The van der Waals surface area contributed by atoms with Gasteiger partial charge in [0.25, 0.3) is 0 Å². The van der Waals surface area contributed by atoms with Crippen molar-refractivity contribution in [3.05, 3.63) is 168 Å². The summed E-state index contributed by atoms with van der Waals surface area (Å²) in [6.07, 6.45) is -1.30. The van der Waals surface area contributed by atoms with Gasteiger partial charge in [0.15, 0.2) is 11.5 Å². The first-order valence-corrected chi connectivity index (χ1v) is 18.3. The van der Waals surface area contributed by atoms with Gasteiger partial charge in [-0.25, -0.2) is 9.59 Å². The van der Waals surface area contributed by atoms with Crippen LogP contribution in [0.4, 0.5) is 8.78 Å². The van der Waals surface area contributed by atoms with Crippen molar-refractivity contribution < 1.29 is 51.3 Å². The Kier molecular flexibility index (Phi) is 15.2. The molecule has 12 heteroatoms. The predicted molar refractivity (Wildman–Crippen MR) is 215 cm³/mol. The molecule has 0 fully saturated rings. The molecule has 0 aliphatic carbocycles. The number of hydrogen-bond donors (Lipinski definition) is 1. The Labute approximate surface area is 340 Å². The molecule has 0 spiro atoms. The van der Waals surface area contributed by atoms with E-state index in [0.29, 0.717) is 77.0 Å². The van der Waals surface area contributed by atoms with Crippen molar-refractivity contribution in [1.82, 2.24) is 5.32 Å². The van der Waals surface area contributed by atoms with Gasteiger partial charge in [0, 0.05) is 22.8 Å². The molecule has 5 aromatic rings. The van der Waals surface area contributed by atoms with Gasteiger partial charge >= 0.3 is 18.0 Å². The first-order valence-electron chi connectivity index (χ1n) is 18.3. The van der Waals surface area contributed by atoms with E-state index in [2.05, 4.69) is 42.2 Å². The minimum atomic E-state index is -3.60. The monoisotopic (exact) mass is 799 g/mol. The average molecular weight is 800 g/mol. The lowest BCUT2D eigenvalue weighted by atomic mass is 10.1. The third-order valence-corrected chi connectivity index (χ3v) is 7.97. The maximum absolute atomic E-state index is 14.9. The normalized spacial score (nSPS) is 10.4. The van der Waals surface area contributed by atoms with Gasteiger partial charge in [-0.15, -0.1) is 0 Å². The number of amides is 1. The number of esters is 2. The van der Waals surface area contributed by atoms with Gasteiger partial charge in [-0.2, -0.15) is 8.78 Å². The SMILES string of the molecule is C=CC(=O)OCCCCOc1ccc(C(F)(F)Oc2ccc(C#Cc3ccc(C#Cc4ccc(C(=O)Oc5ccc(OCCNC(=O)C(=C)C)cc5)cc4)o3)cc2)cc1. The molecule has 0 saturated carbocycles. The van der Waals surface area contributed by atoms with Gasteiger partial charge in [-0.1, -0.05) is 25.0 Å². The highest BCUT2D eigenvalue weighted by atomic mass is 19.3. The summed E-state index contributed by atoms with van der Waals surface area (Å²) in [5, 5.41) is 2.68. The van der Waals surface area contributed by atoms with Gasteiger partial charge in [0.2, 0.25) is 5.91 Å². The number of alkyl halides is 2. The third-order valence-electron chi connectivity index (χ3n) is 7.97. The van der Waals surface area contributed by atoms with Gasteiger partial charge in [0.1, 0.15) is 29.6 Å². The zero-order valence-electron chi connectivity index (χ0n) is 32.1. The van der Waals surface area contributed by atoms with Crippen LogP contribution in [0.5, 0.6) is 23.0 Å².